The lowest BCUT2D eigenvalue weighted by atomic mass is 9.70. The molecule has 6 heteroatoms. The van der Waals surface area contributed by atoms with Gasteiger partial charge in [0.05, 0.1) is 0 Å². The highest BCUT2D eigenvalue weighted by atomic mass is 16.4. The van der Waals surface area contributed by atoms with Gasteiger partial charge in [0.25, 0.3) is 0 Å². The average Bonchev–Trinajstić information content (AvgIpc) is 3.54. The topological polar surface area (TPSA) is 77.8 Å². The van der Waals surface area contributed by atoms with Crippen molar-refractivity contribution in [1.82, 2.24) is 20.4 Å². The first-order valence-electron chi connectivity index (χ1n) is 14.7. The predicted octanol–water partition coefficient (Wildman–Crippen LogP) is 8.53. The highest BCUT2D eigenvalue weighted by Gasteiger charge is 2.36. The third kappa shape index (κ3) is 5.72. The van der Waals surface area contributed by atoms with Crippen LogP contribution in [0.2, 0.25) is 0 Å². The number of aromatic nitrogens is 4. The van der Waals surface area contributed by atoms with Gasteiger partial charge in [0.1, 0.15) is 0 Å². The lowest BCUT2D eigenvalue weighted by molar-refractivity contribution is 0.160. The first kappa shape index (κ1) is 25.9. The summed E-state index contributed by atoms with van der Waals surface area (Å²) in [7, 11) is 0. The largest absolute Gasteiger partial charge is 0.425 e. The van der Waals surface area contributed by atoms with Crippen LogP contribution >= 0.6 is 0 Å². The monoisotopic (exact) mass is 496 g/mol. The summed E-state index contributed by atoms with van der Waals surface area (Å²) in [6.45, 7) is 14.2. The predicted molar refractivity (Wildman–Crippen MR) is 141 cm³/mol. The Hall–Kier alpha value is -1.72. The lowest BCUT2D eigenvalue weighted by Gasteiger charge is -2.36. The summed E-state index contributed by atoms with van der Waals surface area (Å²) in [6, 6.07) is 0. The van der Waals surface area contributed by atoms with Crippen molar-refractivity contribution in [2.75, 3.05) is 0 Å². The van der Waals surface area contributed by atoms with Gasteiger partial charge in [-0.15, -0.1) is 20.4 Å². The molecule has 0 saturated heterocycles. The van der Waals surface area contributed by atoms with Gasteiger partial charge in [-0.25, -0.2) is 0 Å². The Balaban J connectivity index is 1.17. The molecule has 200 valence electrons. The van der Waals surface area contributed by atoms with E-state index in [1.54, 1.807) is 0 Å². The Bertz CT molecular complexity index is 903. The van der Waals surface area contributed by atoms with Gasteiger partial charge in [-0.05, 0) is 93.3 Å². The van der Waals surface area contributed by atoms with Crippen LogP contribution in [0.5, 0.6) is 0 Å². The van der Waals surface area contributed by atoms with E-state index in [4.69, 9.17) is 8.83 Å². The summed E-state index contributed by atoms with van der Waals surface area (Å²) in [5, 5.41) is 18.1. The van der Waals surface area contributed by atoms with Crippen LogP contribution in [0.4, 0.5) is 0 Å². The minimum absolute atomic E-state index is 0.300. The maximum absolute atomic E-state index is 6.32. The van der Waals surface area contributed by atoms with Crippen molar-refractivity contribution in [3.8, 4) is 0 Å². The molecule has 36 heavy (non-hydrogen) atoms. The van der Waals surface area contributed by atoms with Gasteiger partial charge in [0.15, 0.2) is 0 Å². The molecule has 0 aliphatic heterocycles. The molecule has 0 bridgehead atoms. The highest BCUT2D eigenvalue weighted by Crippen LogP contribution is 2.46. The fourth-order valence-electron chi connectivity index (χ4n) is 7.20. The van der Waals surface area contributed by atoms with Gasteiger partial charge in [-0.2, -0.15) is 0 Å². The van der Waals surface area contributed by atoms with Gasteiger partial charge < -0.3 is 8.83 Å². The van der Waals surface area contributed by atoms with E-state index in [-0.39, 0.29) is 0 Å². The molecule has 2 aromatic rings. The fourth-order valence-corrected chi connectivity index (χ4v) is 7.20. The molecule has 2 heterocycles. The highest BCUT2D eigenvalue weighted by molar-refractivity contribution is 5.05. The molecule has 2 atom stereocenters. The molecule has 3 saturated carbocycles. The molecule has 2 unspecified atom stereocenters. The Morgan fingerprint density at radius 3 is 1.14 bits per heavy atom. The standard InChI is InChI=1S/C30H48N4O2/c1-29(2,3)23-14-10-19(11-15-23)25-31-33-27(35-25)21-8-7-9-22(18-21)28-34-32-26(36-28)20-12-16-24(17-13-20)30(4,5)6/h19-24H,7-18H2,1-6H3. The van der Waals surface area contributed by atoms with Crippen molar-refractivity contribution in [2.24, 2.45) is 22.7 Å². The van der Waals surface area contributed by atoms with Crippen LogP contribution in [-0.4, -0.2) is 20.4 Å². The van der Waals surface area contributed by atoms with Crippen LogP contribution in [0.1, 0.15) is 166 Å². The zero-order valence-electron chi connectivity index (χ0n) is 23.6. The average molecular weight is 497 g/mol. The Labute approximate surface area is 217 Å². The van der Waals surface area contributed by atoms with E-state index in [0.29, 0.717) is 34.5 Å². The number of hydrogen-bond acceptors (Lipinski definition) is 6. The number of rotatable bonds is 4. The molecule has 3 aliphatic rings. The van der Waals surface area contributed by atoms with Gasteiger partial charge in [-0.1, -0.05) is 48.0 Å². The number of hydrogen-bond donors (Lipinski definition) is 0. The minimum Gasteiger partial charge on any atom is -0.425 e. The summed E-state index contributed by atoms with van der Waals surface area (Å²) >= 11 is 0. The van der Waals surface area contributed by atoms with E-state index >= 15 is 0 Å². The normalized spacial score (nSPS) is 32.5. The Morgan fingerprint density at radius 1 is 0.472 bits per heavy atom. The van der Waals surface area contributed by atoms with Gasteiger partial charge in [0.2, 0.25) is 23.6 Å². The van der Waals surface area contributed by atoms with E-state index in [1.165, 1.54) is 51.4 Å². The first-order valence-corrected chi connectivity index (χ1v) is 14.7. The second-order valence-electron chi connectivity index (χ2n) is 14.3. The summed E-state index contributed by atoms with van der Waals surface area (Å²) in [6.07, 6.45) is 14.0. The van der Waals surface area contributed by atoms with E-state index in [1.807, 2.05) is 0 Å². The van der Waals surface area contributed by atoms with E-state index < -0.39 is 0 Å². The fraction of sp³-hybridized carbons (Fsp3) is 0.867. The summed E-state index contributed by atoms with van der Waals surface area (Å²) in [5.41, 5.74) is 0.783. The SMILES string of the molecule is CC(C)(C)C1CCC(c2nnc(C3CCCC(c4nnc(C5CCC(C(C)(C)C)CC5)o4)C3)o2)CC1. The zero-order valence-corrected chi connectivity index (χ0v) is 23.6. The molecule has 5 rings (SSSR count). The molecule has 3 fully saturated rings. The molecule has 6 nitrogen and oxygen atoms in total. The minimum atomic E-state index is 0.300. The van der Waals surface area contributed by atoms with Crippen LogP contribution in [0.25, 0.3) is 0 Å². The maximum atomic E-state index is 6.32. The van der Waals surface area contributed by atoms with Crippen molar-refractivity contribution in [1.29, 1.82) is 0 Å². The second kappa shape index (κ2) is 10.2. The van der Waals surface area contributed by atoms with E-state index in [9.17, 15) is 0 Å². The van der Waals surface area contributed by atoms with Gasteiger partial charge >= 0.3 is 0 Å². The van der Waals surface area contributed by atoms with Crippen LogP contribution < -0.4 is 0 Å². The molecule has 0 N–H and O–H groups in total. The first-order chi connectivity index (χ1) is 17.1. The van der Waals surface area contributed by atoms with Crippen LogP contribution in [0, 0.1) is 22.7 Å². The van der Waals surface area contributed by atoms with Crippen LogP contribution in [0.15, 0.2) is 8.83 Å². The summed E-state index contributed by atoms with van der Waals surface area (Å²) < 4.78 is 12.6. The van der Waals surface area contributed by atoms with E-state index in [2.05, 4.69) is 61.9 Å². The number of nitrogens with zero attached hydrogens (tertiary/aromatic N) is 4. The van der Waals surface area contributed by atoms with Crippen molar-refractivity contribution in [2.45, 2.75) is 142 Å². The van der Waals surface area contributed by atoms with Crippen molar-refractivity contribution in [3.63, 3.8) is 0 Å². The third-order valence-corrected chi connectivity index (χ3v) is 9.89. The maximum Gasteiger partial charge on any atom is 0.219 e. The summed E-state index contributed by atoms with van der Waals surface area (Å²) in [4.78, 5) is 0. The third-order valence-electron chi connectivity index (χ3n) is 9.89. The smallest absolute Gasteiger partial charge is 0.219 e. The lowest BCUT2D eigenvalue weighted by Crippen LogP contribution is -2.25. The molecular formula is C30H48N4O2. The molecule has 3 aliphatic carbocycles. The quantitative estimate of drug-likeness (QED) is 0.422. The molecule has 0 aromatic carbocycles. The Kier molecular flexibility index (Phi) is 7.35. The Morgan fingerprint density at radius 2 is 0.806 bits per heavy atom. The van der Waals surface area contributed by atoms with Crippen molar-refractivity contribution >= 4 is 0 Å². The van der Waals surface area contributed by atoms with Crippen molar-refractivity contribution in [3.05, 3.63) is 23.6 Å². The van der Waals surface area contributed by atoms with Crippen LogP contribution in [0.3, 0.4) is 0 Å². The van der Waals surface area contributed by atoms with E-state index in [0.717, 1.165) is 61.1 Å². The zero-order chi connectivity index (χ0) is 25.5. The van der Waals surface area contributed by atoms with Gasteiger partial charge in [-0.3, -0.25) is 0 Å². The molecular weight excluding hydrogens is 448 g/mol. The molecule has 2 aromatic heterocycles. The second-order valence-corrected chi connectivity index (χ2v) is 14.3. The van der Waals surface area contributed by atoms with Gasteiger partial charge in [0, 0.05) is 23.7 Å². The van der Waals surface area contributed by atoms with Crippen LogP contribution in [-0.2, 0) is 0 Å². The van der Waals surface area contributed by atoms with Crippen molar-refractivity contribution < 1.29 is 8.83 Å². The molecule has 0 radical (unpaired) electrons. The molecule has 0 spiro atoms. The molecule has 0 amide bonds. The summed E-state index contributed by atoms with van der Waals surface area (Å²) in [5.74, 6) is 6.43.